The summed E-state index contributed by atoms with van der Waals surface area (Å²) in [5, 5.41) is 0. The lowest BCUT2D eigenvalue weighted by Crippen LogP contribution is -2.52. The first kappa shape index (κ1) is 21.1. The number of esters is 1. The summed E-state index contributed by atoms with van der Waals surface area (Å²) in [5.74, 6) is -0.575. The number of amides is 2. The minimum Gasteiger partial charge on any atom is -0.459 e. The highest BCUT2D eigenvalue weighted by atomic mass is 16.6. The quantitative estimate of drug-likeness (QED) is 0.724. The second-order valence-corrected chi connectivity index (χ2v) is 8.61. The number of benzene rings is 1. The molecule has 0 N–H and O–H groups in total. The predicted molar refractivity (Wildman–Crippen MR) is 107 cm³/mol. The minimum absolute atomic E-state index is 0.186. The Morgan fingerprint density at radius 2 is 1.59 bits per heavy atom. The summed E-state index contributed by atoms with van der Waals surface area (Å²) in [6, 6.07) is 8.30. The molecule has 0 radical (unpaired) electrons. The molecule has 2 amide bonds. The van der Waals surface area contributed by atoms with Crippen LogP contribution in [0.3, 0.4) is 0 Å². The van der Waals surface area contributed by atoms with E-state index in [-0.39, 0.29) is 18.5 Å². The molecular weight excluding hydrogens is 372 g/mol. The molecule has 7 nitrogen and oxygen atoms in total. The standard InChI is InChI=1S/C22H30N2O5/c1-22(2,3)29-21(27)24-14-7-11-17(24)19(25)23-13-8-12-18(23)20(26)28-15-16-9-5-4-6-10-16/h4-6,9-10,17-18H,7-8,11-15H2,1-3H3. The Morgan fingerprint density at radius 1 is 0.966 bits per heavy atom. The van der Waals surface area contributed by atoms with Crippen LogP contribution in [0.1, 0.15) is 52.0 Å². The Labute approximate surface area is 171 Å². The van der Waals surface area contributed by atoms with Crippen LogP contribution >= 0.6 is 0 Å². The molecule has 2 fully saturated rings. The number of nitrogens with zero attached hydrogens (tertiary/aromatic N) is 2. The maximum absolute atomic E-state index is 13.2. The Balaban J connectivity index is 1.62. The van der Waals surface area contributed by atoms with E-state index in [0.29, 0.717) is 25.9 Å². The Kier molecular flexibility index (Phi) is 6.45. The van der Waals surface area contributed by atoms with Crippen LogP contribution in [0.4, 0.5) is 4.79 Å². The molecule has 2 aliphatic heterocycles. The van der Waals surface area contributed by atoms with Crippen molar-refractivity contribution in [2.45, 2.75) is 70.7 Å². The Hall–Kier alpha value is -2.57. The van der Waals surface area contributed by atoms with Gasteiger partial charge in [0.05, 0.1) is 0 Å². The molecule has 0 spiro atoms. The van der Waals surface area contributed by atoms with Gasteiger partial charge in [0.15, 0.2) is 0 Å². The van der Waals surface area contributed by atoms with E-state index in [1.54, 1.807) is 25.7 Å². The van der Waals surface area contributed by atoms with Gasteiger partial charge in [0.1, 0.15) is 24.3 Å². The van der Waals surface area contributed by atoms with Crippen LogP contribution in [0.25, 0.3) is 0 Å². The van der Waals surface area contributed by atoms with Gasteiger partial charge in [0.25, 0.3) is 0 Å². The molecule has 1 aromatic rings. The van der Waals surface area contributed by atoms with Gasteiger partial charge in [-0.15, -0.1) is 0 Å². The third-order valence-electron chi connectivity index (χ3n) is 5.20. The van der Waals surface area contributed by atoms with Gasteiger partial charge in [-0.05, 0) is 52.0 Å². The van der Waals surface area contributed by atoms with Gasteiger partial charge in [-0.3, -0.25) is 9.69 Å². The molecule has 29 heavy (non-hydrogen) atoms. The van der Waals surface area contributed by atoms with Crippen molar-refractivity contribution in [3.8, 4) is 0 Å². The Morgan fingerprint density at radius 3 is 2.24 bits per heavy atom. The molecule has 1 aromatic carbocycles. The SMILES string of the molecule is CC(C)(C)OC(=O)N1CCCC1C(=O)N1CCCC1C(=O)OCc1ccccc1. The zero-order valence-electron chi connectivity index (χ0n) is 17.4. The van der Waals surface area contributed by atoms with Gasteiger partial charge in [0, 0.05) is 13.1 Å². The van der Waals surface area contributed by atoms with Crippen LogP contribution in [0.2, 0.25) is 0 Å². The number of hydrogen-bond donors (Lipinski definition) is 0. The van der Waals surface area contributed by atoms with E-state index in [0.717, 1.165) is 18.4 Å². The summed E-state index contributed by atoms with van der Waals surface area (Å²) in [7, 11) is 0. The fourth-order valence-corrected chi connectivity index (χ4v) is 3.85. The second kappa shape index (κ2) is 8.84. The third-order valence-corrected chi connectivity index (χ3v) is 5.20. The lowest BCUT2D eigenvalue weighted by Gasteiger charge is -2.31. The first-order chi connectivity index (χ1) is 13.8. The zero-order valence-corrected chi connectivity index (χ0v) is 17.4. The van der Waals surface area contributed by atoms with Crippen LogP contribution in [0, 0.1) is 0 Å². The van der Waals surface area contributed by atoms with E-state index < -0.39 is 23.8 Å². The van der Waals surface area contributed by atoms with Gasteiger partial charge in [-0.1, -0.05) is 30.3 Å². The number of rotatable bonds is 4. The van der Waals surface area contributed by atoms with Crippen molar-refractivity contribution in [1.82, 2.24) is 9.80 Å². The number of hydrogen-bond acceptors (Lipinski definition) is 5. The van der Waals surface area contributed by atoms with Gasteiger partial charge >= 0.3 is 12.1 Å². The summed E-state index contributed by atoms with van der Waals surface area (Å²) < 4.78 is 10.9. The highest BCUT2D eigenvalue weighted by molar-refractivity contribution is 5.90. The molecule has 2 aliphatic rings. The summed E-state index contributed by atoms with van der Waals surface area (Å²) in [6.45, 7) is 6.58. The highest BCUT2D eigenvalue weighted by Gasteiger charge is 2.43. The third kappa shape index (κ3) is 5.28. The normalized spacial score (nSPS) is 21.9. The first-order valence-electron chi connectivity index (χ1n) is 10.3. The molecule has 2 unspecified atom stereocenters. The monoisotopic (exact) mass is 402 g/mol. The zero-order chi connectivity index (χ0) is 21.0. The van der Waals surface area contributed by atoms with Gasteiger partial charge in [0.2, 0.25) is 5.91 Å². The van der Waals surface area contributed by atoms with E-state index in [1.165, 1.54) is 4.90 Å². The van der Waals surface area contributed by atoms with Crippen molar-refractivity contribution in [3.05, 3.63) is 35.9 Å². The molecule has 2 atom stereocenters. The van der Waals surface area contributed by atoms with Gasteiger partial charge in [-0.25, -0.2) is 9.59 Å². The fraction of sp³-hybridized carbons (Fsp3) is 0.591. The Bertz CT molecular complexity index is 743. The van der Waals surface area contributed by atoms with Crippen molar-refractivity contribution in [3.63, 3.8) is 0 Å². The molecule has 0 aromatic heterocycles. The predicted octanol–water partition coefficient (Wildman–Crippen LogP) is 3.12. The van der Waals surface area contributed by atoms with Crippen LogP contribution in [0.5, 0.6) is 0 Å². The molecule has 0 saturated carbocycles. The van der Waals surface area contributed by atoms with Crippen LogP contribution < -0.4 is 0 Å². The van der Waals surface area contributed by atoms with Gasteiger partial charge in [-0.2, -0.15) is 0 Å². The average molecular weight is 402 g/mol. The number of carbonyl (C=O) groups excluding carboxylic acids is 3. The van der Waals surface area contributed by atoms with Crippen LogP contribution in [-0.2, 0) is 25.7 Å². The van der Waals surface area contributed by atoms with Crippen molar-refractivity contribution < 1.29 is 23.9 Å². The van der Waals surface area contributed by atoms with E-state index in [9.17, 15) is 14.4 Å². The maximum Gasteiger partial charge on any atom is 0.410 e. The van der Waals surface area contributed by atoms with Gasteiger partial charge < -0.3 is 14.4 Å². The van der Waals surface area contributed by atoms with Crippen molar-refractivity contribution in [2.75, 3.05) is 13.1 Å². The lowest BCUT2D eigenvalue weighted by atomic mass is 10.1. The lowest BCUT2D eigenvalue weighted by molar-refractivity contribution is -0.155. The maximum atomic E-state index is 13.2. The average Bonchev–Trinajstić information content (AvgIpc) is 3.34. The second-order valence-electron chi connectivity index (χ2n) is 8.61. The summed E-state index contributed by atoms with van der Waals surface area (Å²) >= 11 is 0. The molecule has 2 saturated heterocycles. The van der Waals surface area contributed by atoms with E-state index in [1.807, 2.05) is 30.3 Å². The van der Waals surface area contributed by atoms with E-state index in [2.05, 4.69) is 0 Å². The molecule has 2 heterocycles. The summed E-state index contributed by atoms with van der Waals surface area (Å²) in [5.41, 5.74) is 0.286. The highest BCUT2D eigenvalue weighted by Crippen LogP contribution is 2.27. The van der Waals surface area contributed by atoms with Crippen molar-refractivity contribution >= 4 is 18.0 Å². The van der Waals surface area contributed by atoms with E-state index >= 15 is 0 Å². The first-order valence-corrected chi connectivity index (χ1v) is 10.3. The molecule has 158 valence electrons. The minimum atomic E-state index is -0.620. The fourth-order valence-electron chi connectivity index (χ4n) is 3.85. The summed E-state index contributed by atoms with van der Waals surface area (Å²) in [4.78, 5) is 41.4. The number of ether oxygens (including phenoxy) is 2. The molecule has 3 rings (SSSR count). The number of carbonyl (C=O) groups is 3. The topological polar surface area (TPSA) is 76.2 Å². The molecule has 0 bridgehead atoms. The molecule has 0 aliphatic carbocycles. The smallest absolute Gasteiger partial charge is 0.410 e. The summed E-state index contributed by atoms with van der Waals surface area (Å²) in [6.07, 6.45) is 2.18. The molecular formula is C22H30N2O5. The van der Waals surface area contributed by atoms with Crippen molar-refractivity contribution in [2.24, 2.45) is 0 Å². The molecule has 7 heteroatoms. The van der Waals surface area contributed by atoms with Crippen LogP contribution in [0.15, 0.2) is 30.3 Å². The van der Waals surface area contributed by atoms with E-state index in [4.69, 9.17) is 9.47 Å². The van der Waals surface area contributed by atoms with Crippen LogP contribution in [-0.4, -0.2) is 58.5 Å². The largest absolute Gasteiger partial charge is 0.459 e. The van der Waals surface area contributed by atoms with Crippen molar-refractivity contribution in [1.29, 1.82) is 0 Å². The number of likely N-dealkylation sites (tertiary alicyclic amines) is 2.